The molecule has 1 saturated carbocycles. The van der Waals surface area contributed by atoms with E-state index in [1.54, 1.807) is 14.2 Å². The molecule has 2 unspecified atom stereocenters. The summed E-state index contributed by atoms with van der Waals surface area (Å²) >= 11 is 0. The second-order valence-corrected chi connectivity index (χ2v) is 11.1. The average molecular weight is 414 g/mol. The Morgan fingerprint density at radius 2 is 1.24 bits per heavy atom. The fourth-order valence-corrected chi connectivity index (χ4v) is 8.85. The van der Waals surface area contributed by atoms with E-state index in [4.69, 9.17) is 15.2 Å². The van der Waals surface area contributed by atoms with E-state index in [9.17, 15) is 0 Å². The highest BCUT2D eigenvalue weighted by Gasteiger charge is 2.37. The first-order valence-electron chi connectivity index (χ1n) is 10.6. The van der Waals surface area contributed by atoms with Gasteiger partial charge in [0.25, 0.3) is 0 Å². The van der Waals surface area contributed by atoms with Gasteiger partial charge in [-0.15, -0.1) is 0 Å². The maximum atomic E-state index is 6.46. The standard InChI is InChI=1S/C25H36NO2P/c1-15-11-20(12-16(2)24(15)27-6)29(23-10-8-9-22(23)19(5)26)21-13-17(3)25(28-7)18(4)14-21/h11-14,19,22-23H,8-10,26H2,1-7H3/t19-,22?,23?/m1/s1. The van der Waals surface area contributed by atoms with E-state index >= 15 is 0 Å². The first kappa shape index (κ1) is 22.1. The fraction of sp³-hybridized carbons (Fsp3) is 0.520. The van der Waals surface area contributed by atoms with Gasteiger partial charge >= 0.3 is 0 Å². The van der Waals surface area contributed by atoms with Gasteiger partial charge in [0.1, 0.15) is 11.5 Å². The summed E-state index contributed by atoms with van der Waals surface area (Å²) in [5.41, 5.74) is 11.9. The highest BCUT2D eigenvalue weighted by atomic mass is 31.1. The van der Waals surface area contributed by atoms with Crippen LogP contribution in [0.1, 0.15) is 48.4 Å². The Bertz CT molecular complexity index is 772. The lowest BCUT2D eigenvalue weighted by Crippen LogP contribution is -2.35. The van der Waals surface area contributed by atoms with Crippen molar-refractivity contribution in [2.24, 2.45) is 11.7 Å². The van der Waals surface area contributed by atoms with Crippen LogP contribution >= 0.6 is 7.92 Å². The summed E-state index contributed by atoms with van der Waals surface area (Å²) in [4.78, 5) is 0. The Kier molecular flexibility index (Phi) is 6.91. The van der Waals surface area contributed by atoms with Crippen molar-refractivity contribution in [1.82, 2.24) is 0 Å². The van der Waals surface area contributed by atoms with Crippen LogP contribution in [0.2, 0.25) is 0 Å². The van der Waals surface area contributed by atoms with Crippen molar-refractivity contribution in [1.29, 1.82) is 0 Å². The zero-order valence-corrected chi connectivity index (χ0v) is 19.9. The second-order valence-electron chi connectivity index (χ2n) is 8.62. The topological polar surface area (TPSA) is 44.5 Å². The maximum absolute atomic E-state index is 6.46. The van der Waals surface area contributed by atoms with Gasteiger partial charge in [0.05, 0.1) is 14.2 Å². The van der Waals surface area contributed by atoms with Gasteiger partial charge in [-0.3, -0.25) is 0 Å². The van der Waals surface area contributed by atoms with Crippen LogP contribution in [-0.2, 0) is 0 Å². The monoisotopic (exact) mass is 413 g/mol. The summed E-state index contributed by atoms with van der Waals surface area (Å²) < 4.78 is 11.3. The zero-order chi connectivity index (χ0) is 21.3. The molecule has 4 heteroatoms. The van der Waals surface area contributed by atoms with Crippen LogP contribution in [0.4, 0.5) is 0 Å². The summed E-state index contributed by atoms with van der Waals surface area (Å²) in [6, 6.07) is 9.63. The lowest BCUT2D eigenvalue weighted by molar-refractivity contribution is 0.408. The van der Waals surface area contributed by atoms with Crippen molar-refractivity contribution in [3.05, 3.63) is 46.5 Å². The molecular weight excluding hydrogens is 377 g/mol. The van der Waals surface area contributed by atoms with Crippen LogP contribution in [0.15, 0.2) is 24.3 Å². The Labute approximate surface area is 177 Å². The highest BCUT2D eigenvalue weighted by molar-refractivity contribution is 7.73. The van der Waals surface area contributed by atoms with Gasteiger partial charge in [0, 0.05) is 6.04 Å². The molecule has 0 aromatic heterocycles. The zero-order valence-electron chi connectivity index (χ0n) is 19.0. The minimum absolute atomic E-state index is 0.230. The van der Waals surface area contributed by atoms with Gasteiger partial charge in [-0.25, -0.2) is 0 Å². The molecule has 0 aliphatic heterocycles. The number of methoxy groups -OCH3 is 2. The fourth-order valence-electron chi connectivity index (χ4n) is 5.21. The number of rotatable bonds is 6. The average Bonchev–Trinajstić information content (AvgIpc) is 3.11. The van der Waals surface area contributed by atoms with Crippen molar-refractivity contribution >= 4 is 18.5 Å². The van der Waals surface area contributed by atoms with Crippen molar-refractivity contribution in [2.45, 2.75) is 65.6 Å². The predicted octanol–water partition coefficient (Wildman–Crippen LogP) is 4.89. The molecule has 3 atom stereocenters. The van der Waals surface area contributed by atoms with Gasteiger partial charge in [-0.2, -0.15) is 0 Å². The molecule has 0 amide bonds. The summed E-state index contributed by atoms with van der Waals surface area (Å²) in [5.74, 6) is 2.58. The third kappa shape index (κ3) is 4.32. The molecule has 1 aliphatic rings. The molecule has 2 N–H and O–H groups in total. The smallest absolute Gasteiger partial charge is 0.124 e. The Morgan fingerprint density at radius 3 is 1.59 bits per heavy atom. The van der Waals surface area contributed by atoms with Crippen LogP contribution in [0.25, 0.3) is 0 Å². The van der Waals surface area contributed by atoms with E-state index in [0.29, 0.717) is 11.6 Å². The van der Waals surface area contributed by atoms with Gasteiger partial charge in [-0.05, 0) is 124 Å². The van der Waals surface area contributed by atoms with Gasteiger partial charge in [0.15, 0.2) is 0 Å². The third-order valence-electron chi connectivity index (χ3n) is 6.39. The van der Waals surface area contributed by atoms with Crippen molar-refractivity contribution in [3.8, 4) is 11.5 Å². The molecule has 2 aromatic carbocycles. The predicted molar refractivity (Wildman–Crippen MR) is 126 cm³/mol. The van der Waals surface area contributed by atoms with Crippen LogP contribution in [0, 0.1) is 33.6 Å². The number of ether oxygens (including phenoxy) is 2. The Hall–Kier alpha value is -1.57. The molecule has 1 fully saturated rings. The van der Waals surface area contributed by atoms with Crippen LogP contribution < -0.4 is 25.8 Å². The quantitative estimate of drug-likeness (QED) is 0.686. The van der Waals surface area contributed by atoms with Gasteiger partial charge < -0.3 is 15.2 Å². The SMILES string of the molecule is COc1c(C)cc(P(c2cc(C)c(OC)c(C)c2)C2CCCC2[C@@H](C)N)cc1C. The normalized spacial score (nSPS) is 20.2. The molecule has 29 heavy (non-hydrogen) atoms. The van der Waals surface area contributed by atoms with E-state index in [2.05, 4.69) is 58.9 Å². The molecule has 158 valence electrons. The largest absolute Gasteiger partial charge is 0.496 e. The number of benzene rings is 2. The number of hydrogen-bond acceptors (Lipinski definition) is 3. The number of aryl methyl sites for hydroxylation is 4. The second kappa shape index (κ2) is 9.06. The summed E-state index contributed by atoms with van der Waals surface area (Å²) in [6.45, 7) is 10.8. The molecule has 0 radical (unpaired) electrons. The molecule has 2 aromatic rings. The lowest BCUT2D eigenvalue weighted by Gasteiger charge is -2.33. The van der Waals surface area contributed by atoms with Crippen LogP contribution in [-0.4, -0.2) is 25.9 Å². The Balaban J connectivity index is 2.18. The van der Waals surface area contributed by atoms with Crippen molar-refractivity contribution in [2.75, 3.05) is 14.2 Å². The molecule has 3 rings (SSSR count). The van der Waals surface area contributed by atoms with E-state index in [1.165, 1.54) is 52.1 Å². The molecule has 0 spiro atoms. The van der Waals surface area contributed by atoms with Gasteiger partial charge in [0.2, 0.25) is 0 Å². The van der Waals surface area contributed by atoms with Gasteiger partial charge in [-0.1, -0.05) is 6.42 Å². The minimum atomic E-state index is -0.514. The molecule has 0 heterocycles. The highest BCUT2D eigenvalue weighted by Crippen LogP contribution is 2.52. The summed E-state index contributed by atoms with van der Waals surface area (Å²) in [5, 5.41) is 2.88. The van der Waals surface area contributed by atoms with Crippen molar-refractivity contribution in [3.63, 3.8) is 0 Å². The maximum Gasteiger partial charge on any atom is 0.124 e. The lowest BCUT2D eigenvalue weighted by atomic mass is 10.0. The molecule has 0 bridgehead atoms. The molecule has 1 aliphatic carbocycles. The van der Waals surface area contributed by atoms with Crippen molar-refractivity contribution < 1.29 is 9.47 Å². The number of hydrogen-bond donors (Lipinski definition) is 1. The Morgan fingerprint density at radius 1 is 0.828 bits per heavy atom. The molecule has 3 nitrogen and oxygen atoms in total. The van der Waals surface area contributed by atoms with E-state index in [-0.39, 0.29) is 6.04 Å². The van der Waals surface area contributed by atoms with E-state index < -0.39 is 7.92 Å². The molecular formula is C25H36NO2P. The third-order valence-corrected chi connectivity index (χ3v) is 9.33. The summed E-state index contributed by atoms with van der Waals surface area (Å²) in [6.07, 6.45) is 3.77. The minimum Gasteiger partial charge on any atom is -0.496 e. The first-order chi connectivity index (χ1) is 13.8. The van der Waals surface area contributed by atoms with E-state index in [1.807, 2.05) is 0 Å². The summed E-state index contributed by atoms with van der Waals surface area (Å²) in [7, 11) is 3.01. The van der Waals surface area contributed by atoms with E-state index in [0.717, 1.165) is 11.5 Å². The van der Waals surface area contributed by atoms with Crippen LogP contribution in [0.5, 0.6) is 11.5 Å². The van der Waals surface area contributed by atoms with Crippen LogP contribution in [0.3, 0.4) is 0 Å². The molecule has 0 saturated heterocycles. The first-order valence-corrected chi connectivity index (χ1v) is 12.0. The number of nitrogens with two attached hydrogens (primary N) is 1.